The lowest BCUT2D eigenvalue weighted by molar-refractivity contribution is 0.0107. The summed E-state index contributed by atoms with van der Waals surface area (Å²) in [5, 5.41) is 3.66. The fourth-order valence-electron chi connectivity index (χ4n) is 1.74. The van der Waals surface area contributed by atoms with Crippen molar-refractivity contribution in [3.8, 4) is 0 Å². The van der Waals surface area contributed by atoms with Gasteiger partial charge in [0.1, 0.15) is 6.20 Å². The monoisotopic (exact) mass is 289 g/mol. The van der Waals surface area contributed by atoms with Crippen molar-refractivity contribution < 1.29 is 19.1 Å². The summed E-state index contributed by atoms with van der Waals surface area (Å²) in [6.45, 7) is 0. The molecule has 0 unspecified atom stereocenters. The van der Waals surface area contributed by atoms with Gasteiger partial charge in [0.15, 0.2) is 6.23 Å². The molecule has 1 saturated heterocycles. The van der Waals surface area contributed by atoms with Gasteiger partial charge < -0.3 is 14.5 Å². The van der Waals surface area contributed by atoms with Crippen LogP contribution in [-0.2, 0) is 9.30 Å². The van der Waals surface area contributed by atoms with Crippen LogP contribution in [0.4, 0.5) is 0 Å². The maximum Gasteiger partial charge on any atom is 0.348 e. The molecule has 3 N–H and O–H groups in total. The van der Waals surface area contributed by atoms with Crippen molar-refractivity contribution >= 4 is 7.60 Å². The van der Waals surface area contributed by atoms with Crippen LogP contribution in [0.5, 0.6) is 0 Å². The van der Waals surface area contributed by atoms with E-state index in [0.29, 0.717) is 12.8 Å². The Morgan fingerprint density at radius 3 is 2.84 bits per heavy atom. The minimum atomic E-state index is -4.22. The van der Waals surface area contributed by atoms with Crippen molar-refractivity contribution in [1.82, 2.24) is 14.8 Å². The van der Waals surface area contributed by atoms with E-state index in [0.717, 1.165) is 16.7 Å². The Kier molecular flexibility index (Phi) is 3.81. The highest BCUT2D eigenvalue weighted by Gasteiger charge is 2.27. The van der Waals surface area contributed by atoms with Gasteiger partial charge in [-0.15, -0.1) is 0 Å². The zero-order chi connectivity index (χ0) is 14.0. The van der Waals surface area contributed by atoms with E-state index in [1.807, 2.05) is 0 Å². The molecular formula is C9H12N3O6P. The molecule has 0 spiro atoms. The molecule has 9 nitrogen and oxygen atoms in total. The largest absolute Gasteiger partial charge is 0.349 e. The molecule has 0 bridgehead atoms. The Morgan fingerprint density at radius 2 is 2.21 bits per heavy atom. The lowest BCUT2D eigenvalue weighted by atomic mass is 10.2. The summed E-state index contributed by atoms with van der Waals surface area (Å²) < 4.78 is 17.1. The highest BCUT2D eigenvalue weighted by atomic mass is 31.2. The molecule has 2 rings (SSSR count). The van der Waals surface area contributed by atoms with Crippen LogP contribution in [0.3, 0.4) is 0 Å². The van der Waals surface area contributed by atoms with Crippen LogP contribution >= 0.6 is 7.60 Å². The molecule has 1 aliphatic heterocycles. The minimum Gasteiger partial charge on any atom is -0.349 e. The summed E-state index contributed by atoms with van der Waals surface area (Å²) in [5.74, 6) is 0.767. The number of hydrogen-bond acceptors (Lipinski definition) is 5. The molecule has 2 heterocycles. The van der Waals surface area contributed by atoms with Crippen molar-refractivity contribution in [3.63, 3.8) is 0 Å². The van der Waals surface area contributed by atoms with Crippen LogP contribution in [0.1, 0.15) is 19.1 Å². The van der Waals surface area contributed by atoms with E-state index < -0.39 is 31.2 Å². The van der Waals surface area contributed by atoms with Gasteiger partial charge in [-0.25, -0.2) is 4.79 Å². The minimum absolute atomic E-state index is 0.453. The predicted octanol–water partition coefficient (Wildman–Crippen LogP) is -0.699. The van der Waals surface area contributed by atoms with Gasteiger partial charge in [-0.05, 0) is 18.9 Å². The lowest BCUT2D eigenvalue weighted by Crippen LogP contribution is -2.34. The van der Waals surface area contributed by atoms with Gasteiger partial charge in [0.05, 0.1) is 6.10 Å². The number of nitrogens with zero attached hydrogens (tertiary/aromatic N) is 2. The second-order valence-corrected chi connectivity index (χ2v) is 5.50. The molecule has 0 saturated carbocycles. The van der Waals surface area contributed by atoms with Crippen LogP contribution in [0.2, 0.25) is 0 Å². The van der Waals surface area contributed by atoms with Gasteiger partial charge >= 0.3 is 13.3 Å². The summed E-state index contributed by atoms with van der Waals surface area (Å²) in [6.07, 6.45) is 2.01. The van der Waals surface area contributed by atoms with E-state index in [-0.39, 0.29) is 0 Å². The molecule has 0 amide bonds. The average Bonchev–Trinajstić information content (AvgIpc) is 2.74. The first kappa shape index (κ1) is 13.9. The third-order valence-electron chi connectivity index (χ3n) is 2.54. The van der Waals surface area contributed by atoms with Gasteiger partial charge in [-0.1, -0.05) is 0 Å². The molecule has 0 aromatic carbocycles. The number of rotatable bonds is 3. The molecule has 1 aromatic heterocycles. The quantitative estimate of drug-likeness (QED) is 0.626. The maximum absolute atomic E-state index is 11.5. The molecule has 1 aromatic rings. The van der Waals surface area contributed by atoms with Gasteiger partial charge in [0.25, 0.3) is 5.56 Å². The molecule has 0 radical (unpaired) electrons. The van der Waals surface area contributed by atoms with Crippen molar-refractivity contribution in [1.29, 1.82) is 0 Å². The number of aromatic nitrogens is 3. The second kappa shape index (κ2) is 5.22. The Bertz CT molecular complexity index is 644. The number of H-pyrrole nitrogens is 1. The van der Waals surface area contributed by atoms with Crippen molar-refractivity contribution in [2.75, 3.05) is 0 Å². The Hall–Kier alpha value is -1.54. The van der Waals surface area contributed by atoms with Crippen LogP contribution in [-0.4, -0.2) is 30.7 Å². The first-order chi connectivity index (χ1) is 8.85. The summed E-state index contributed by atoms with van der Waals surface area (Å²) >= 11 is 0. The molecule has 104 valence electrons. The highest BCUT2D eigenvalue weighted by molar-refractivity contribution is 7.55. The molecule has 1 fully saturated rings. The summed E-state index contributed by atoms with van der Waals surface area (Å²) in [5.41, 5.74) is -1.28. The summed E-state index contributed by atoms with van der Waals surface area (Å²) in [6, 6.07) is 0. The Balaban J connectivity index is 2.10. The SMILES string of the molecule is O=c1cnn([C@H]2CC[C@@H](/C=C/P(=O)(O)O)O2)c(=O)[nH]1. The van der Waals surface area contributed by atoms with E-state index in [1.54, 1.807) is 0 Å². The van der Waals surface area contributed by atoms with Gasteiger partial charge in [-0.3, -0.25) is 14.3 Å². The maximum atomic E-state index is 11.5. The first-order valence-corrected chi connectivity index (χ1v) is 7.11. The molecular weight excluding hydrogens is 277 g/mol. The number of nitrogens with one attached hydrogen (secondary N) is 1. The fraction of sp³-hybridized carbons (Fsp3) is 0.444. The Labute approximate surface area is 106 Å². The van der Waals surface area contributed by atoms with E-state index >= 15 is 0 Å². The van der Waals surface area contributed by atoms with E-state index in [1.165, 1.54) is 6.08 Å². The van der Waals surface area contributed by atoms with Crippen LogP contribution < -0.4 is 11.2 Å². The predicted molar refractivity (Wildman–Crippen MR) is 63.4 cm³/mol. The smallest absolute Gasteiger partial charge is 0.348 e. The standard InChI is InChI=1S/C9H12N3O6P/c13-7-5-10-12(9(14)11-7)8-2-1-6(18-8)3-4-19(15,16)17/h3-6,8H,1-2H2,(H,11,13,14)(H2,15,16,17)/b4-3+/t6-,8+/m0/s1. The van der Waals surface area contributed by atoms with Crippen LogP contribution in [0.25, 0.3) is 0 Å². The van der Waals surface area contributed by atoms with Crippen molar-refractivity contribution in [3.05, 3.63) is 38.9 Å². The lowest BCUT2D eigenvalue weighted by Gasteiger charge is -2.12. The van der Waals surface area contributed by atoms with Crippen LogP contribution in [0, 0.1) is 0 Å². The topological polar surface area (TPSA) is 135 Å². The Morgan fingerprint density at radius 1 is 1.47 bits per heavy atom. The molecule has 19 heavy (non-hydrogen) atoms. The number of ether oxygens (including phenoxy) is 1. The number of hydrogen-bond donors (Lipinski definition) is 3. The van der Waals surface area contributed by atoms with Crippen molar-refractivity contribution in [2.45, 2.75) is 25.2 Å². The molecule has 0 aliphatic carbocycles. The van der Waals surface area contributed by atoms with Gasteiger partial charge in [-0.2, -0.15) is 9.78 Å². The zero-order valence-corrected chi connectivity index (χ0v) is 10.6. The zero-order valence-electron chi connectivity index (χ0n) is 9.67. The van der Waals surface area contributed by atoms with E-state index in [2.05, 4.69) is 10.1 Å². The number of aromatic amines is 1. The third-order valence-corrected chi connectivity index (χ3v) is 3.10. The third kappa shape index (κ3) is 3.71. The van der Waals surface area contributed by atoms with E-state index in [4.69, 9.17) is 14.5 Å². The summed E-state index contributed by atoms with van der Waals surface area (Å²) in [4.78, 5) is 41.8. The van der Waals surface area contributed by atoms with Gasteiger partial charge in [0, 0.05) is 5.82 Å². The van der Waals surface area contributed by atoms with Gasteiger partial charge in [0.2, 0.25) is 0 Å². The van der Waals surface area contributed by atoms with Crippen LogP contribution in [0.15, 0.2) is 27.7 Å². The first-order valence-electron chi connectivity index (χ1n) is 5.43. The van der Waals surface area contributed by atoms with Crippen molar-refractivity contribution in [2.24, 2.45) is 0 Å². The molecule has 10 heteroatoms. The van der Waals surface area contributed by atoms with E-state index in [9.17, 15) is 14.2 Å². The normalized spacial score (nSPS) is 24.1. The fourth-order valence-corrected chi connectivity index (χ4v) is 2.16. The summed E-state index contributed by atoms with van der Waals surface area (Å²) in [7, 11) is -4.22. The molecule has 1 aliphatic rings. The molecule has 2 atom stereocenters. The highest BCUT2D eigenvalue weighted by Crippen LogP contribution is 2.37. The second-order valence-electron chi connectivity index (χ2n) is 4.02. The average molecular weight is 289 g/mol.